The number of esters is 1. The first-order chi connectivity index (χ1) is 8.54. The summed E-state index contributed by atoms with van der Waals surface area (Å²) in [5.41, 5.74) is 2.72. The van der Waals surface area contributed by atoms with Gasteiger partial charge in [-0.1, -0.05) is 0 Å². The molecule has 1 aromatic rings. The van der Waals surface area contributed by atoms with Crippen LogP contribution in [0.15, 0.2) is 0 Å². The quantitative estimate of drug-likeness (QED) is 0.824. The molecule has 1 aliphatic carbocycles. The van der Waals surface area contributed by atoms with E-state index in [0.717, 1.165) is 36.2 Å². The van der Waals surface area contributed by atoms with Crippen molar-refractivity contribution in [1.82, 2.24) is 9.78 Å². The van der Waals surface area contributed by atoms with Crippen molar-refractivity contribution in [3.8, 4) is 0 Å². The number of aliphatic hydroxyl groups is 1. The van der Waals surface area contributed by atoms with Gasteiger partial charge in [-0.05, 0) is 33.1 Å². The lowest BCUT2D eigenvalue weighted by atomic mass is 10.1. The van der Waals surface area contributed by atoms with E-state index in [1.165, 1.54) is 7.11 Å². The Morgan fingerprint density at radius 3 is 2.78 bits per heavy atom. The van der Waals surface area contributed by atoms with Gasteiger partial charge in [0, 0.05) is 11.3 Å². The molecule has 0 amide bonds. The third-order valence-electron chi connectivity index (χ3n) is 3.78. The fourth-order valence-electron chi connectivity index (χ4n) is 2.70. The van der Waals surface area contributed by atoms with E-state index >= 15 is 0 Å². The number of carbonyl (C=O) groups excluding carboxylic acids is 1. The molecule has 2 atom stereocenters. The van der Waals surface area contributed by atoms with E-state index in [1.807, 2.05) is 18.5 Å². The van der Waals surface area contributed by atoms with Gasteiger partial charge in [0.05, 0.1) is 31.4 Å². The minimum Gasteiger partial charge on any atom is -0.469 e. The summed E-state index contributed by atoms with van der Waals surface area (Å²) < 4.78 is 6.57. The Hall–Kier alpha value is -1.36. The number of aryl methyl sites for hydroxylation is 1. The third-order valence-corrected chi connectivity index (χ3v) is 3.78. The van der Waals surface area contributed by atoms with Crippen LogP contribution in [0.1, 0.15) is 42.3 Å². The van der Waals surface area contributed by atoms with Crippen LogP contribution in [-0.4, -0.2) is 34.1 Å². The van der Waals surface area contributed by atoms with Gasteiger partial charge >= 0.3 is 5.97 Å². The normalized spacial score (nSPS) is 23.3. The molecule has 1 saturated carbocycles. The number of rotatable bonds is 3. The van der Waals surface area contributed by atoms with Crippen LogP contribution in [0, 0.1) is 13.8 Å². The van der Waals surface area contributed by atoms with Crippen molar-refractivity contribution in [1.29, 1.82) is 0 Å². The summed E-state index contributed by atoms with van der Waals surface area (Å²) in [6, 6.07) is 0.0510. The second-order valence-corrected chi connectivity index (χ2v) is 4.91. The average Bonchev–Trinajstić information content (AvgIpc) is 2.87. The first-order valence-electron chi connectivity index (χ1n) is 6.34. The van der Waals surface area contributed by atoms with Gasteiger partial charge in [-0.3, -0.25) is 9.48 Å². The number of ether oxygens (including phenoxy) is 1. The van der Waals surface area contributed by atoms with Crippen molar-refractivity contribution >= 4 is 5.97 Å². The van der Waals surface area contributed by atoms with E-state index in [9.17, 15) is 9.90 Å². The van der Waals surface area contributed by atoms with Crippen molar-refractivity contribution in [2.45, 2.75) is 51.7 Å². The number of aromatic nitrogens is 2. The molecule has 100 valence electrons. The summed E-state index contributed by atoms with van der Waals surface area (Å²) >= 11 is 0. The van der Waals surface area contributed by atoms with Crippen LogP contribution in [0.3, 0.4) is 0 Å². The zero-order valence-corrected chi connectivity index (χ0v) is 11.1. The second-order valence-electron chi connectivity index (χ2n) is 4.91. The van der Waals surface area contributed by atoms with Crippen LogP contribution < -0.4 is 0 Å². The highest BCUT2D eigenvalue weighted by atomic mass is 16.5. The van der Waals surface area contributed by atoms with Crippen molar-refractivity contribution in [3.05, 3.63) is 17.0 Å². The van der Waals surface area contributed by atoms with Gasteiger partial charge in [-0.25, -0.2) is 0 Å². The molecule has 5 nitrogen and oxygen atoms in total. The Labute approximate surface area is 107 Å². The molecule has 0 radical (unpaired) electrons. The minimum absolute atomic E-state index is 0.0510. The van der Waals surface area contributed by atoms with Gasteiger partial charge in [0.15, 0.2) is 0 Å². The van der Waals surface area contributed by atoms with Gasteiger partial charge in [-0.15, -0.1) is 0 Å². The zero-order valence-electron chi connectivity index (χ0n) is 11.1. The maximum atomic E-state index is 11.4. The summed E-state index contributed by atoms with van der Waals surface area (Å²) in [6.45, 7) is 3.84. The van der Waals surface area contributed by atoms with Crippen LogP contribution >= 0.6 is 0 Å². The highest BCUT2D eigenvalue weighted by Gasteiger charge is 2.30. The minimum atomic E-state index is -0.325. The number of hydrogen-bond donors (Lipinski definition) is 1. The van der Waals surface area contributed by atoms with Crippen LogP contribution in [0.4, 0.5) is 0 Å². The molecule has 18 heavy (non-hydrogen) atoms. The van der Waals surface area contributed by atoms with Gasteiger partial charge in [0.1, 0.15) is 0 Å². The molecular weight excluding hydrogens is 232 g/mol. The molecule has 1 heterocycles. The van der Waals surface area contributed by atoms with Crippen molar-refractivity contribution in [3.63, 3.8) is 0 Å². The van der Waals surface area contributed by atoms with E-state index in [4.69, 9.17) is 4.74 Å². The highest BCUT2D eigenvalue weighted by Crippen LogP contribution is 2.32. The number of aliphatic hydroxyl groups excluding tert-OH is 1. The average molecular weight is 252 g/mol. The largest absolute Gasteiger partial charge is 0.469 e. The molecule has 2 rings (SSSR count). The molecule has 1 aliphatic rings. The first-order valence-corrected chi connectivity index (χ1v) is 6.34. The molecule has 1 fully saturated rings. The smallest absolute Gasteiger partial charge is 0.310 e. The number of carbonyl (C=O) groups is 1. The molecule has 0 saturated heterocycles. The Morgan fingerprint density at radius 2 is 2.22 bits per heavy atom. The van der Waals surface area contributed by atoms with Crippen LogP contribution in [0.5, 0.6) is 0 Å². The molecule has 0 bridgehead atoms. The molecule has 2 unspecified atom stereocenters. The van der Waals surface area contributed by atoms with E-state index < -0.39 is 0 Å². The topological polar surface area (TPSA) is 64.3 Å². The van der Waals surface area contributed by atoms with E-state index in [1.54, 1.807) is 0 Å². The molecule has 0 aliphatic heterocycles. The SMILES string of the molecule is COC(=O)Cc1c(C)nn(C2CCCC2O)c1C. The fraction of sp³-hybridized carbons (Fsp3) is 0.692. The molecule has 0 aromatic carbocycles. The summed E-state index contributed by atoms with van der Waals surface area (Å²) in [6.07, 6.45) is 2.72. The van der Waals surface area contributed by atoms with Gasteiger partial charge in [0.25, 0.3) is 0 Å². The first kappa shape index (κ1) is 13.1. The summed E-state index contributed by atoms with van der Waals surface area (Å²) in [5, 5.41) is 14.4. The fourth-order valence-corrected chi connectivity index (χ4v) is 2.70. The lowest BCUT2D eigenvalue weighted by Gasteiger charge is -2.17. The maximum Gasteiger partial charge on any atom is 0.310 e. The van der Waals surface area contributed by atoms with Gasteiger partial charge < -0.3 is 9.84 Å². The van der Waals surface area contributed by atoms with Crippen molar-refractivity contribution in [2.24, 2.45) is 0 Å². The monoisotopic (exact) mass is 252 g/mol. The third kappa shape index (κ3) is 2.27. The maximum absolute atomic E-state index is 11.4. The second kappa shape index (κ2) is 5.10. The summed E-state index contributed by atoms with van der Waals surface area (Å²) in [5.74, 6) is -0.257. The lowest BCUT2D eigenvalue weighted by molar-refractivity contribution is -0.139. The Bertz CT molecular complexity index is 453. The predicted octanol–water partition coefficient (Wildman–Crippen LogP) is 1.30. The molecule has 5 heteroatoms. The zero-order chi connectivity index (χ0) is 13.3. The Kier molecular flexibility index (Phi) is 3.71. The van der Waals surface area contributed by atoms with Gasteiger partial charge in [-0.2, -0.15) is 5.10 Å². The standard InChI is InChI=1S/C13H20N2O3/c1-8-10(7-13(17)18-3)9(2)15(14-8)11-5-4-6-12(11)16/h11-12,16H,4-7H2,1-3H3. The van der Waals surface area contributed by atoms with Crippen LogP contribution in [0.25, 0.3) is 0 Å². The van der Waals surface area contributed by atoms with E-state index in [0.29, 0.717) is 0 Å². The molecule has 1 N–H and O–H groups in total. The number of hydrogen-bond acceptors (Lipinski definition) is 4. The molecule has 0 spiro atoms. The molecular formula is C13H20N2O3. The van der Waals surface area contributed by atoms with E-state index in [-0.39, 0.29) is 24.5 Å². The van der Waals surface area contributed by atoms with Crippen molar-refractivity contribution < 1.29 is 14.6 Å². The molecule has 1 aromatic heterocycles. The summed E-state index contributed by atoms with van der Waals surface area (Å²) in [4.78, 5) is 11.4. The van der Waals surface area contributed by atoms with Gasteiger partial charge in [0.2, 0.25) is 0 Å². The van der Waals surface area contributed by atoms with Crippen LogP contribution in [0.2, 0.25) is 0 Å². The van der Waals surface area contributed by atoms with Crippen molar-refractivity contribution in [2.75, 3.05) is 7.11 Å². The number of methoxy groups -OCH3 is 1. The Balaban J connectivity index is 2.28. The summed E-state index contributed by atoms with van der Waals surface area (Å²) in [7, 11) is 1.39. The lowest BCUT2D eigenvalue weighted by Crippen LogP contribution is -2.20. The predicted molar refractivity (Wildman–Crippen MR) is 66.3 cm³/mol. The van der Waals surface area contributed by atoms with Crippen LogP contribution in [-0.2, 0) is 16.0 Å². The number of nitrogens with zero attached hydrogens (tertiary/aromatic N) is 2. The van der Waals surface area contributed by atoms with E-state index in [2.05, 4.69) is 5.10 Å². The Morgan fingerprint density at radius 1 is 1.50 bits per heavy atom. The highest BCUT2D eigenvalue weighted by molar-refractivity contribution is 5.73.